The first-order valence-electron chi connectivity index (χ1n) is 13.4. The SMILES string of the molecule is C/C1=C\CC[C@]2(C)O[C@@H]2[C@H]2OC(=O)[C@@H](CN(C)CCCOc3no[n+]([O-])c3S(=O)(=O)c3ccccc3)[C@@H]2CC1. The van der Waals surface area contributed by atoms with E-state index >= 15 is 0 Å². The minimum absolute atomic E-state index is 0.0467. The minimum Gasteiger partial charge on any atom is -0.459 e. The first-order valence-corrected chi connectivity index (χ1v) is 14.8. The van der Waals surface area contributed by atoms with Crippen molar-refractivity contribution in [2.24, 2.45) is 11.8 Å². The Hall–Kier alpha value is -2.96. The van der Waals surface area contributed by atoms with Gasteiger partial charge in [-0.2, -0.15) is 0 Å². The highest BCUT2D eigenvalue weighted by atomic mass is 32.2. The summed E-state index contributed by atoms with van der Waals surface area (Å²) < 4.78 is 47.8. The third-order valence-corrected chi connectivity index (χ3v) is 9.75. The predicted octanol–water partition coefficient (Wildman–Crippen LogP) is 2.68. The Morgan fingerprint density at radius 1 is 1.28 bits per heavy atom. The molecule has 2 fully saturated rings. The van der Waals surface area contributed by atoms with Gasteiger partial charge in [-0.1, -0.05) is 29.8 Å². The summed E-state index contributed by atoms with van der Waals surface area (Å²) in [4.78, 5) is 14.8. The zero-order valence-electron chi connectivity index (χ0n) is 22.4. The molecule has 1 aromatic carbocycles. The Morgan fingerprint density at radius 2 is 2.05 bits per heavy atom. The van der Waals surface area contributed by atoms with E-state index in [9.17, 15) is 18.4 Å². The van der Waals surface area contributed by atoms with Gasteiger partial charge in [-0.25, -0.2) is 8.42 Å². The zero-order chi connectivity index (χ0) is 27.8. The number of epoxide rings is 1. The molecule has 2 aliphatic heterocycles. The largest absolute Gasteiger partial charge is 0.459 e. The molecule has 2 aromatic rings. The lowest BCUT2D eigenvalue weighted by Gasteiger charge is -2.25. The number of carbonyl (C=O) groups is 1. The molecule has 0 bridgehead atoms. The molecule has 1 aliphatic carbocycles. The van der Waals surface area contributed by atoms with Gasteiger partial charge in [0.1, 0.15) is 12.2 Å². The van der Waals surface area contributed by atoms with Gasteiger partial charge in [0.2, 0.25) is 0 Å². The van der Waals surface area contributed by atoms with Crippen LogP contribution in [0.5, 0.6) is 5.88 Å². The average molecular weight is 562 g/mol. The van der Waals surface area contributed by atoms with Crippen molar-refractivity contribution in [3.63, 3.8) is 0 Å². The van der Waals surface area contributed by atoms with Crippen LogP contribution >= 0.6 is 0 Å². The predicted molar refractivity (Wildman–Crippen MR) is 137 cm³/mol. The lowest BCUT2D eigenvalue weighted by Crippen LogP contribution is -2.35. The van der Waals surface area contributed by atoms with Crippen molar-refractivity contribution in [3.8, 4) is 5.88 Å². The molecular weight excluding hydrogens is 526 g/mol. The number of ether oxygens (including phenoxy) is 3. The maximum atomic E-state index is 12.9. The first-order chi connectivity index (χ1) is 18.6. The van der Waals surface area contributed by atoms with E-state index in [1.807, 2.05) is 11.9 Å². The van der Waals surface area contributed by atoms with Crippen LogP contribution in [-0.4, -0.2) is 69.0 Å². The van der Waals surface area contributed by atoms with E-state index in [0.717, 1.165) is 25.7 Å². The summed E-state index contributed by atoms with van der Waals surface area (Å²) >= 11 is 0. The van der Waals surface area contributed by atoms with E-state index in [2.05, 4.69) is 29.7 Å². The quantitative estimate of drug-likeness (QED) is 0.148. The van der Waals surface area contributed by atoms with Gasteiger partial charge in [0, 0.05) is 19.0 Å². The summed E-state index contributed by atoms with van der Waals surface area (Å²) in [5, 5.41) is 14.9. The van der Waals surface area contributed by atoms with Crippen LogP contribution in [0.25, 0.3) is 0 Å². The molecule has 5 atom stereocenters. The Morgan fingerprint density at radius 3 is 2.82 bits per heavy atom. The Balaban J connectivity index is 1.17. The number of esters is 1. The highest BCUT2D eigenvalue weighted by molar-refractivity contribution is 7.91. The number of allylic oxidation sites excluding steroid dienone is 2. The van der Waals surface area contributed by atoms with Gasteiger partial charge in [-0.15, -0.1) is 0 Å². The highest BCUT2D eigenvalue weighted by Gasteiger charge is 2.62. The molecule has 39 heavy (non-hydrogen) atoms. The molecular formula is C27H35N3O8S. The fourth-order valence-electron chi connectivity index (χ4n) is 5.72. The topological polar surface area (TPSA) is 138 Å². The van der Waals surface area contributed by atoms with E-state index in [-0.39, 0.29) is 57.9 Å². The minimum atomic E-state index is -4.17. The normalized spacial score (nSPS) is 30.2. The van der Waals surface area contributed by atoms with Crippen molar-refractivity contribution < 1.29 is 37.0 Å². The second-order valence-electron chi connectivity index (χ2n) is 11.0. The van der Waals surface area contributed by atoms with Crippen LogP contribution < -0.4 is 9.64 Å². The number of sulfone groups is 1. The van der Waals surface area contributed by atoms with E-state index in [0.29, 0.717) is 19.5 Å². The summed E-state index contributed by atoms with van der Waals surface area (Å²) in [6.45, 7) is 5.46. The Labute approximate surface area is 228 Å². The monoisotopic (exact) mass is 561 g/mol. The molecule has 12 heteroatoms. The van der Waals surface area contributed by atoms with Crippen molar-refractivity contribution in [1.29, 1.82) is 0 Å². The van der Waals surface area contributed by atoms with E-state index in [1.54, 1.807) is 18.2 Å². The van der Waals surface area contributed by atoms with Crippen LogP contribution in [0.1, 0.15) is 46.0 Å². The number of hydrogen-bond donors (Lipinski definition) is 0. The first kappa shape index (κ1) is 27.6. The number of nitrogens with zero attached hydrogens (tertiary/aromatic N) is 3. The van der Waals surface area contributed by atoms with Crippen LogP contribution in [0.15, 0.2) is 56.5 Å². The summed E-state index contributed by atoms with van der Waals surface area (Å²) in [7, 11) is -2.24. The third kappa shape index (κ3) is 5.68. The summed E-state index contributed by atoms with van der Waals surface area (Å²) in [5.74, 6) is -0.724. The molecule has 0 spiro atoms. The second kappa shape index (κ2) is 10.9. The average Bonchev–Trinajstić information content (AvgIpc) is 3.26. The van der Waals surface area contributed by atoms with E-state index in [4.69, 9.17) is 14.2 Å². The molecule has 0 N–H and O–H groups in total. The van der Waals surface area contributed by atoms with Crippen molar-refractivity contribution in [2.45, 2.75) is 73.7 Å². The molecule has 3 heterocycles. The van der Waals surface area contributed by atoms with Gasteiger partial charge in [-0.3, -0.25) is 9.42 Å². The number of rotatable bonds is 9. The lowest BCUT2D eigenvalue weighted by molar-refractivity contribution is -0.832. The molecule has 5 rings (SSSR count). The molecule has 2 saturated heterocycles. The van der Waals surface area contributed by atoms with Gasteiger partial charge in [-0.05, 0) is 70.0 Å². The molecule has 1 aromatic heterocycles. The van der Waals surface area contributed by atoms with Gasteiger partial charge in [0.25, 0.3) is 9.84 Å². The van der Waals surface area contributed by atoms with Gasteiger partial charge < -0.3 is 24.3 Å². The summed E-state index contributed by atoms with van der Waals surface area (Å²) in [5.41, 5.74) is 1.10. The summed E-state index contributed by atoms with van der Waals surface area (Å²) in [6, 6.07) is 7.55. The van der Waals surface area contributed by atoms with Crippen LogP contribution in [0.4, 0.5) is 0 Å². The van der Waals surface area contributed by atoms with Gasteiger partial charge in [0.15, 0.2) is 0 Å². The summed E-state index contributed by atoms with van der Waals surface area (Å²) in [6.07, 6.45) is 6.23. The van der Waals surface area contributed by atoms with Gasteiger partial charge in [0.05, 0.1) is 28.2 Å². The van der Waals surface area contributed by atoms with Crippen molar-refractivity contribution in [1.82, 2.24) is 10.1 Å². The number of aromatic nitrogens is 2. The van der Waals surface area contributed by atoms with Crippen molar-refractivity contribution in [3.05, 3.63) is 47.2 Å². The Bertz CT molecular complexity index is 1330. The molecule has 212 valence electrons. The number of benzene rings is 1. The van der Waals surface area contributed by atoms with E-state index < -0.39 is 14.9 Å². The maximum absolute atomic E-state index is 12.9. The molecule has 0 radical (unpaired) electrons. The van der Waals surface area contributed by atoms with Crippen LogP contribution in [0.2, 0.25) is 0 Å². The molecule has 0 saturated carbocycles. The fourth-order valence-corrected chi connectivity index (χ4v) is 7.01. The van der Waals surface area contributed by atoms with Crippen LogP contribution in [0, 0.1) is 17.0 Å². The van der Waals surface area contributed by atoms with E-state index in [1.165, 1.54) is 17.7 Å². The fraction of sp³-hybridized carbons (Fsp3) is 0.593. The number of carbonyl (C=O) groups excluding carboxylic acids is 1. The molecule has 0 unspecified atom stereocenters. The molecule has 11 nitrogen and oxygen atoms in total. The third-order valence-electron chi connectivity index (χ3n) is 8.02. The maximum Gasteiger partial charge on any atom is 0.414 e. The highest BCUT2D eigenvalue weighted by Crippen LogP contribution is 2.50. The second-order valence-corrected chi connectivity index (χ2v) is 12.8. The number of fused-ring (bicyclic) bond motifs is 3. The molecule has 0 amide bonds. The van der Waals surface area contributed by atoms with Gasteiger partial charge >= 0.3 is 16.9 Å². The zero-order valence-corrected chi connectivity index (χ0v) is 23.3. The Kier molecular flexibility index (Phi) is 7.71. The van der Waals surface area contributed by atoms with Crippen molar-refractivity contribution >= 4 is 15.8 Å². The van der Waals surface area contributed by atoms with Crippen molar-refractivity contribution in [2.75, 3.05) is 26.7 Å². The molecule has 3 aliphatic rings. The van der Waals surface area contributed by atoms with Crippen LogP contribution in [0.3, 0.4) is 0 Å². The number of hydrogen-bond acceptors (Lipinski definition) is 10. The standard InChI is InChI=1S/C27H35N3O8S/c1-18-9-7-14-27(2)23(37-27)22-20(13-12-18)21(26(31)36-22)17-29(3)15-8-16-35-24-25(30(32)38-28-24)39(33,34)19-10-5-4-6-11-19/h4-6,9-11,20-23H,7-8,12-17H2,1-3H3/b18-9+/t20-,21-,22-,23+,27-/m0/s1. The smallest absolute Gasteiger partial charge is 0.414 e. The lowest BCUT2D eigenvalue weighted by atomic mass is 9.80. The van der Waals surface area contributed by atoms with Crippen LogP contribution in [-0.2, 0) is 24.1 Å².